The molecule has 0 aromatic heterocycles. The molecule has 5 heteroatoms. The van der Waals surface area contributed by atoms with Crippen LogP contribution in [-0.4, -0.2) is 65.3 Å². The highest BCUT2D eigenvalue weighted by Gasteiger charge is 2.39. The molecule has 0 aromatic rings. The predicted molar refractivity (Wildman–Crippen MR) is 98.0 cm³/mol. The molecule has 2 aliphatic heterocycles. The molecule has 2 bridgehead atoms. The second-order valence-electron chi connectivity index (χ2n) is 8.35. The van der Waals surface area contributed by atoms with E-state index in [2.05, 4.69) is 37.9 Å². The first-order valence-corrected chi connectivity index (χ1v) is 9.83. The summed E-state index contributed by atoms with van der Waals surface area (Å²) in [6.07, 6.45) is 5.41. The van der Waals surface area contributed by atoms with Crippen LogP contribution in [-0.2, 0) is 0 Å². The van der Waals surface area contributed by atoms with Gasteiger partial charge in [0.25, 0.3) is 0 Å². The fourth-order valence-electron chi connectivity index (χ4n) is 4.63. The van der Waals surface area contributed by atoms with Gasteiger partial charge in [-0.15, -0.1) is 0 Å². The van der Waals surface area contributed by atoms with Crippen molar-refractivity contribution in [3.05, 3.63) is 0 Å². The predicted octanol–water partition coefficient (Wildman–Crippen LogP) is 2.69. The molecule has 3 atom stereocenters. The quantitative estimate of drug-likeness (QED) is 0.750. The Morgan fingerprint density at radius 1 is 1.17 bits per heavy atom. The molecule has 2 fully saturated rings. The Labute approximate surface area is 147 Å². The van der Waals surface area contributed by atoms with Crippen LogP contribution in [0, 0.1) is 11.8 Å². The van der Waals surface area contributed by atoms with Gasteiger partial charge in [0.05, 0.1) is 0 Å². The number of aliphatic hydroxyl groups is 1. The van der Waals surface area contributed by atoms with Gasteiger partial charge in [0.1, 0.15) is 0 Å². The molecule has 0 aromatic carbocycles. The molecule has 2 rings (SSSR count). The first-order valence-electron chi connectivity index (χ1n) is 9.83. The van der Waals surface area contributed by atoms with Gasteiger partial charge in [-0.2, -0.15) is 0 Å². The molecular formula is C19H37N3O2. The van der Waals surface area contributed by atoms with E-state index in [1.807, 2.05) is 4.90 Å². The Kier molecular flexibility index (Phi) is 7.35. The average Bonchev–Trinajstić information content (AvgIpc) is 2.79. The molecule has 5 nitrogen and oxygen atoms in total. The van der Waals surface area contributed by atoms with Crippen molar-refractivity contribution in [2.75, 3.05) is 26.2 Å². The van der Waals surface area contributed by atoms with Crippen molar-refractivity contribution in [1.82, 2.24) is 15.1 Å². The number of fused-ring (bicyclic) bond motifs is 2. The first-order chi connectivity index (χ1) is 11.4. The maximum absolute atomic E-state index is 12.6. The highest BCUT2D eigenvalue weighted by atomic mass is 16.3. The topological polar surface area (TPSA) is 55.8 Å². The van der Waals surface area contributed by atoms with Crippen LogP contribution >= 0.6 is 0 Å². The van der Waals surface area contributed by atoms with Gasteiger partial charge in [0, 0.05) is 44.4 Å². The zero-order chi connectivity index (χ0) is 17.7. The largest absolute Gasteiger partial charge is 0.396 e. The van der Waals surface area contributed by atoms with Crippen LogP contribution in [0.2, 0.25) is 0 Å². The van der Waals surface area contributed by atoms with Gasteiger partial charge in [0.15, 0.2) is 0 Å². The molecule has 3 unspecified atom stereocenters. The second-order valence-corrected chi connectivity index (χ2v) is 8.35. The summed E-state index contributed by atoms with van der Waals surface area (Å²) in [6, 6.07) is 1.81. The van der Waals surface area contributed by atoms with Gasteiger partial charge in [-0.25, -0.2) is 4.79 Å². The van der Waals surface area contributed by atoms with Crippen LogP contribution in [0.4, 0.5) is 4.79 Å². The lowest BCUT2D eigenvalue weighted by Gasteiger charge is -2.32. The molecule has 0 aliphatic carbocycles. The van der Waals surface area contributed by atoms with Crippen molar-refractivity contribution in [3.63, 3.8) is 0 Å². The summed E-state index contributed by atoms with van der Waals surface area (Å²) >= 11 is 0. The van der Waals surface area contributed by atoms with E-state index < -0.39 is 0 Å². The molecule has 2 saturated heterocycles. The fourth-order valence-corrected chi connectivity index (χ4v) is 4.63. The van der Waals surface area contributed by atoms with E-state index in [1.54, 1.807) is 0 Å². The summed E-state index contributed by atoms with van der Waals surface area (Å²) in [7, 11) is 0. The van der Waals surface area contributed by atoms with Crippen LogP contribution in [0.15, 0.2) is 0 Å². The Hall–Kier alpha value is -0.810. The van der Waals surface area contributed by atoms with E-state index in [9.17, 15) is 9.90 Å². The average molecular weight is 340 g/mol. The molecular weight excluding hydrogens is 302 g/mol. The molecule has 0 spiro atoms. The van der Waals surface area contributed by atoms with Gasteiger partial charge in [0.2, 0.25) is 0 Å². The number of hydrogen-bond donors (Lipinski definition) is 2. The molecule has 0 radical (unpaired) electrons. The van der Waals surface area contributed by atoms with Crippen molar-refractivity contribution >= 4 is 6.03 Å². The number of nitrogens with one attached hydrogen (secondary N) is 1. The highest BCUT2D eigenvalue weighted by molar-refractivity contribution is 5.74. The highest BCUT2D eigenvalue weighted by Crippen LogP contribution is 2.32. The Bertz CT molecular complexity index is 400. The Morgan fingerprint density at radius 2 is 1.88 bits per heavy atom. The van der Waals surface area contributed by atoms with Crippen molar-refractivity contribution in [1.29, 1.82) is 0 Å². The molecule has 0 saturated carbocycles. The second kappa shape index (κ2) is 9.04. The summed E-state index contributed by atoms with van der Waals surface area (Å²) in [4.78, 5) is 17.3. The van der Waals surface area contributed by atoms with E-state index in [-0.39, 0.29) is 12.6 Å². The van der Waals surface area contributed by atoms with Crippen molar-refractivity contribution in [2.24, 2.45) is 11.8 Å². The molecule has 2 amide bonds. The number of carbonyl (C=O) groups excluding carboxylic acids is 1. The summed E-state index contributed by atoms with van der Waals surface area (Å²) in [5.41, 5.74) is 0. The third kappa shape index (κ3) is 5.09. The van der Waals surface area contributed by atoms with E-state index >= 15 is 0 Å². The summed E-state index contributed by atoms with van der Waals surface area (Å²) < 4.78 is 0. The summed E-state index contributed by atoms with van der Waals surface area (Å²) in [5.74, 6) is 0.960. The number of urea groups is 1. The van der Waals surface area contributed by atoms with E-state index in [4.69, 9.17) is 0 Å². The van der Waals surface area contributed by atoms with E-state index in [0.29, 0.717) is 36.5 Å². The van der Waals surface area contributed by atoms with Crippen LogP contribution in [0.25, 0.3) is 0 Å². The number of nitrogens with zero attached hydrogens (tertiary/aromatic N) is 2. The van der Waals surface area contributed by atoms with Crippen molar-refractivity contribution < 1.29 is 9.90 Å². The van der Waals surface area contributed by atoms with E-state index in [1.165, 1.54) is 12.8 Å². The molecule has 2 heterocycles. The monoisotopic (exact) mass is 339 g/mol. The van der Waals surface area contributed by atoms with Gasteiger partial charge in [-0.3, -0.25) is 4.90 Å². The Morgan fingerprint density at radius 3 is 2.50 bits per heavy atom. The SMILES string of the molecule is CC(C)CC(CCO)CNC(=O)N1CCC2CCC(C1)N2C(C)C. The third-order valence-electron chi connectivity index (χ3n) is 5.61. The zero-order valence-electron chi connectivity index (χ0n) is 16.0. The van der Waals surface area contributed by atoms with Crippen LogP contribution in [0.3, 0.4) is 0 Å². The molecule has 140 valence electrons. The zero-order valence-corrected chi connectivity index (χ0v) is 16.0. The fraction of sp³-hybridized carbons (Fsp3) is 0.947. The lowest BCUT2D eigenvalue weighted by atomic mass is 9.94. The lowest BCUT2D eigenvalue weighted by Crippen LogP contribution is -2.47. The number of amides is 2. The van der Waals surface area contributed by atoms with Gasteiger partial charge in [-0.1, -0.05) is 13.8 Å². The van der Waals surface area contributed by atoms with Crippen LogP contribution in [0.1, 0.15) is 59.8 Å². The minimum atomic E-state index is 0.0814. The number of carbonyl (C=O) groups is 1. The van der Waals surface area contributed by atoms with Crippen molar-refractivity contribution in [3.8, 4) is 0 Å². The van der Waals surface area contributed by atoms with E-state index in [0.717, 1.165) is 32.4 Å². The maximum atomic E-state index is 12.6. The minimum Gasteiger partial charge on any atom is -0.396 e. The number of aliphatic hydroxyl groups excluding tert-OH is 1. The molecule has 2 N–H and O–H groups in total. The maximum Gasteiger partial charge on any atom is 0.317 e. The number of hydrogen-bond acceptors (Lipinski definition) is 3. The smallest absolute Gasteiger partial charge is 0.317 e. The minimum absolute atomic E-state index is 0.0814. The summed E-state index contributed by atoms with van der Waals surface area (Å²) in [5, 5.41) is 12.4. The van der Waals surface area contributed by atoms with Crippen molar-refractivity contribution in [2.45, 2.75) is 77.9 Å². The third-order valence-corrected chi connectivity index (χ3v) is 5.61. The van der Waals surface area contributed by atoms with Crippen LogP contribution < -0.4 is 5.32 Å². The number of likely N-dealkylation sites (tertiary alicyclic amines) is 1. The standard InChI is InChI=1S/C19H37N3O2/c1-14(2)11-16(8-10-23)12-20-19(24)21-9-7-17-5-6-18(13-21)22(17)15(3)4/h14-18,23H,5-13H2,1-4H3,(H,20,24). The van der Waals surface area contributed by atoms with Gasteiger partial charge >= 0.3 is 6.03 Å². The lowest BCUT2D eigenvalue weighted by molar-refractivity contribution is 0.146. The summed E-state index contributed by atoms with van der Waals surface area (Å²) in [6.45, 7) is 11.5. The van der Waals surface area contributed by atoms with Gasteiger partial charge < -0.3 is 15.3 Å². The normalized spacial score (nSPS) is 26.0. The van der Waals surface area contributed by atoms with Crippen LogP contribution in [0.5, 0.6) is 0 Å². The Balaban J connectivity index is 1.86. The van der Waals surface area contributed by atoms with Gasteiger partial charge in [-0.05, 0) is 57.8 Å². The first kappa shape index (κ1) is 19.5. The number of rotatable bonds is 7. The molecule has 24 heavy (non-hydrogen) atoms. The molecule has 2 aliphatic rings.